The second kappa shape index (κ2) is 6.37. The molecule has 0 aromatic heterocycles. The summed E-state index contributed by atoms with van der Waals surface area (Å²) in [6, 6.07) is 0.368. The molecule has 0 spiro atoms. The van der Waals surface area contributed by atoms with Crippen molar-refractivity contribution in [3.63, 3.8) is 0 Å². The molecule has 1 aliphatic heterocycles. The smallest absolute Gasteiger partial charge is 0.278 e. The van der Waals surface area contributed by atoms with Crippen LogP contribution in [0.4, 0.5) is 0 Å². The molecular formula is C14H26N3O2+. The van der Waals surface area contributed by atoms with Gasteiger partial charge in [-0.3, -0.25) is 9.59 Å². The van der Waals surface area contributed by atoms with E-state index in [-0.39, 0.29) is 23.8 Å². The summed E-state index contributed by atoms with van der Waals surface area (Å²) < 4.78 is 0. The summed E-state index contributed by atoms with van der Waals surface area (Å²) in [6.07, 6.45) is 6.33. The van der Waals surface area contributed by atoms with Crippen LogP contribution in [0.2, 0.25) is 0 Å². The second-order valence-corrected chi connectivity index (χ2v) is 6.05. The number of nitrogens with two attached hydrogens (primary N) is 1. The molecule has 0 bridgehead atoms. The maximum Gasteiger partial charge on any atom is 0.278 e. The number of hydrogen-bond donors (Lipinski definition) is 3. The predicted molar refractivity (Wildman–Crippen MR) is 72.5 cm³/mol. The Morgan fingerprint density at radius 1 is 1.16 bits per heavy atom. The summed E-state index contributed by atoms with van der Waals surface area (Å²) >= 11 is 0. The Morgan fingerprint density at radius 2 is 1.74 bits per heavy atom. The van der Waals surface area contributed by atoms with Gasteiger partial charge in [0.1, 0.15) is 0 Å². The Kier molecular flexibility index (Phi) is 4.80. The highest BCUT2D eigenvalue weighted by molar-refractivity contribution is 5.80. The average Bonchev–Trinajstić information content (AvgIpc) is 2.90. The van der Waals surface area contributed by atoms with E-state index in [9.17, 15) is 9.59 Å². The van der Waals surface area contributed by atoms with Crippen LogP contribution in [0.5, 0.6) is 0 Å². The number of carbonyl (C=O) groups excluding carboxylic acids is 2. The number of quaternary nitrogens is 1. The Balaban J connectivity index is 1.78. The van der Waals surface area contributed by atoms with E-state index in [0.29, 0.717) is 6.04 Å². The van der Waals surface area contributed by atoms with E-state index < -0.39 is 0 Å². The lowest BCUT2D eigenvalue weighted by Crippen LogP contribution is -3.17. The molecule has 0 unspecified atom stereocenters. The van der Waals surface area contributed by atoms with E-state index in [1.54, 1.807) is 0 Å². The third-order valence-electron chi connectivity index (χ3n) is 4.74. The number of carbonyl (C=O) groups is 2. The van der Waals surface area contributed by atoms with Crippen molar-refractivity contribution in [2.24, 2.45) is 11.7 Å². The summed E-state index contributed by atoms with van der Waals surface area (Å²) in [6.45, 7) is 3.73. The van der Waals surface area contributed by atoms with E-state index in [4.69, 9.17) is 5.73 Å². The molecule has 1 saturated carbocycles. The Morgan fingerprint density at radius 3 is 2.26 bits per heavy atom. The minimum atomic E-state index is -0.192. The fraction of sp³-hybridized carbons (Fsp3) is 0.857. The van der Waals surface area contributed by atoms with Crippen LogP contribution in [-0.4, -0.2) is 37.0 Å². The summed E-state index contributed by atoms with van der Waals surface area (Å²) in [5.41, 5.74) is 5.33. The van der Waals surface area contributed by atoms with E-state index in [2.05, 4.69) is 5.32 Å². The largest absolute Gasteiger partial charge is 0.369 e. The van der Waals surface area contributed by atoms with Gasteiger partial charge in [0.05, 0.1) is 13.1 Å². The summed E-state index contributed by atoms with van der Waals surface area (Å²) in [5, 5.41) is 3.16. The Labute approximate surface area is 114 Å². The van der Waals surface area contributed by atoms with E-state index in [1.807, 2.05) is 6.92 Å². The third kappa shape index (κ3) is 3.69. The SMILES string of the molecule is C[C@H](C(=O)NC1CCCC1)[NH+]1CCC(C(N)=O)CC1. The van der Waals surface area contributed by atoms with Gasteiger partial charge in [0.25, 0.3) is 5.91 Å². The lowest BCUT2D eigenvalue weighted by atomic mass is 9.95. The van der Waals surface area contributed by atoms with Gasteiger partial charge in [-0.2, -0.15) is 0 Å². The number of rotatable bonds is 4. The van der Waals surface area contributed by atoms with Crippen LogP contribution in [0, 0.1) is 5.92 Å². The number of nitrogens with one attached hydrogen (secondary N) is 2. The topological polar surface area (TPSA) is 76.6 Å². The zero-order chi connectivity index (χ0) is 13.8. The quantitative estimate of drug-likeness (QED) is 0.625. The standard InChI is InChI=1S/C14H25N3O2/c1-10(14(19)16-12-4-2-3-5-12)17-8-6-11(7-9-17)13(15)18/h10-12H,2-9H2,1H3,(H2,15,18)(H,16,19)/p+1/t10-/m1/s1. The first-order chi connectivity index (χ1) is 9.08. The first-order valence-electron chi connectivity index (χ1n) is 7.52. The van der Waals surface area contributed by atoms with Gasteiger partial charge in [-0.15, -0.1) is 0 Å². The molecule has 5 nitrogen and oxygen atoms in total. The molecule has 2 fully saturated rings. The number of hydrogen-bond acceptors (Lipinski definition) is 2. The summed E-state index contributed by atoms with van der Waals surface area (Å²) in [5.74, 6) is -0.0182. The van der Waals surface area contributed by atoms with Gasteiger partial charge in [0, 0.05) is 24.8 Å². The highest BCUT2D eigenvalue weighted by atomic mass is 16.2. The van der Waals surface area contributed by atoms with Gasteiger partial charge >= 0.3 is 0 Å². The van der Waals surface area contributed by atoms with Crippen molar-refractivity contribution in [3.8, 4) is 0 Å². The monoisotopic (exact) mass is 268 g/mol. The first-order valence-corrected chi connectivity index (χ1v) is 7.52. The molecule has 0 aromatic rings. The van der Waals surface area contributed by atoms with Crippen molar-refractivity contribution >= 4 is 11.8 Å². The van der Waals surface area contributed by atoms with Crippen LogP contribution >= 0.6 is 0 Å². The van der Waals surface area contributed by atoms with Crippen LogP contribution < -0.4 is 16.0 Å². The number of piperidine rings is 1. The van der Waals surface area contributed by atoms with Gasteiger partial charge < -0.3 is 16.0 Å². The number of primary amides is 1. The molecule has 108 valence electrons. The lowest BCUT2D eigenvalue weighted by Gasteiger charge is -2.31. The molecule has 5 heteroatoms. The minimum Gasteiger partial charge on any atom is -0.369 e. The minimum absolute atomic E-state index is 0.00819. The van der Waals surface area contributed by atoms with E-state index >= 15 is 0 Å². The maximum atomic E-state index is 12.2. The van der Waals surface area contributed by atoms with Gasteiger partial charge in [0.2, 0.25) is 5.91 Å². The lowest BCUT2D eigenvalue weighted by molar-refractivity contribution is -0.919. The van der Waals surface area contributed by atoms with Crippen molar-refractivity contribution < 1.29 is 14.5 Å². The highest BCUT2D eigenvalue weighted by Gasteiger charge is 2.32. The van der Waals surface area contributed by atoms with Crippen molar-refractivity contribution in [1.29, 1.82) is 0 Å². The van der Waals surface area contributed by atoms with Crippen LogP contribution in [0.25, 0.3) is 0 Å². The number of likely N-dealkylation sites (tertiary alicyclic amines) is 1. The van der Waals surface area contributed by atoms with E-state index in [0.717, 1.165) is 38.8 Å². The van der Waals surface area contributed by atoms with Crippen molar-refractivity contribution in [2.45, 2.75) is 57.5 Å². The normalized spacial score (nSPS) is 29.9. The van der Waals surface area contributed by atoms with Crippen molar-refractivity contribution in [2.75, 3.05) is 13.1 Å². The molecule has 2 amide bonds. The van der Waals surface area contributed by atoms with Gasteiger partial charge in [0.15, 0.2) is 6.04 Å². The molecule has 2 rings (SSSR count). The summed E-state index contributed by atoms with van der Waals surface area (Å²) in [7, 11) is 0. The van der Waals surface area contributed by atoms with Gasteiger partial charge in [-0.1, -0.05) is 12.8 Å². The first kappa shape index (κ1) is 14.3. The molecule has 1 aliphatic carbocycles. The zero-order valence-electron chi connectivity index (χ0n) is 11.8. The van der Waals surface area contributed by atoms with Crippen molar-refractivity contribution in [3.05, 3.63) is 0 Å². The molecule has 4 N–H and O–H groups in total. The molecule has 19 heavy (non-hydrogen) atoms. The van der Waals surface area contributed by atoms with Crippen LogP contribution in [0.15, 0.2) is 0 Å². The molecule has 0 radical (unpaired) electrons. The zero-order valence-corrected chi connectivity index (χ0v) is 11.8. The third-order valence-corrected chi connectivity index (χ3v) is 4.74. The molecule has 1 heterocycles. The fourth-order valence-corrected chi connectivity index (χ4v) is 3.29. The van der Waals surface area contributed by atoms with Crippen molar-refractivity contribution in [1.82, 2.24) is 5.32 Å². The van der Waals surface area contributed by atoms with Gasteiger partial charge in [-0.25, -0.2) is 0 Å². The van der Waals surface area contributed by atoms with Crippen LogP contribution in [0.3, 0.4) is 0 Å². The average molecular weight is 268 g/mol. The highest BCUT2D eigenvalue weighted by Crippen LogP contribution is 2.17. The van der Waals surface area contributed by atoms with Gasteiger partial charge in [-0.05, 0) is 19.8 Å². The molecule has 1 saturated heterocycles. The fourth-order valence-electron chi connectivity index (χ4n) is 3.29. The Hall–Kier alpha value is -1.10. The number of amides is 2. The van der Waals surface area contributed by atoms with Crippen LogP contribution in [0.1, 0.15) is 45.4 Å². The Bertz CT molecular complexity index is 332. The molecule has 2 aliphatic rings. The molecule has 0 aromatic carbocycles. The molecule has 1 atom stereocenters. The molecular weight excluding hydrogens is 242 g/mol. The summed E-state index contributed by atoms with van der Waals surface area (Å²) in [4.78, 5) is 24.6. The second-order valence-electron chi connectivity index (χ2n) is 6.05. The van der Waals surface area contributed by atoms with Crippen LogP contribution in [-0.2, 0) is 9.59 Å². The predicted octanol–water partition coefficient (Wildman–Crippen LogP) is -0.786. The van der Waals surface area contributed by atoms with E-state index in [1.165, 1.54) is 17.7 Å². The maximum absolute atomic E-state index is 12.2.